The largest absolute Gasteiger partial charge is 0.478 e. The number of nitrogens with two attached hydrogens (primary N) is 2. The summed E-state index contributed by atoms with van der Waals surface area (Å²) in [6.07, 6.45) is -1.20. The summed E-state index contributed by atoms with van der Waals surface area (Å²) >= 11 is 0. The summed E-state index contributed by atoms with van der Waals surface area (Å²) in [5, 5.41) is 40.7. The average Bonchev–Trinajstić information content (AvgIpc) is 4.08. The summed E-state index contributed by atoms with van der Waals surface area (Å²) in [6.45, 7) is 0.966. The number of nitrogen functional groups attached to an aromatic ring is 1. The molecule has 3 aromatic heterocycles. The van der Waals surface area contributed by atoms with Crippen LogP contribution in [0.1, 0.15) is 12.8 Å². The van der Waals surface area contributed by atoms with Crippen molar-refractivity contribution in [2.75, 3.05) is 25.6 Å². The van der Waals surface area contributed by atoms with Crippen LogP contribution >= 0.6 is 0 Å². The topological polar surface area (TPSA) is 673 Å². The molecule has 0 radical (unpaired) electrons. The molecule has 6 saturated heterocycles. The standard InChI is InChI=1S/C6H9N3O2.C4H5N3O4.C4H4N2O3.C4H6N2O2.2C3H5N3O2.C3H2N2O3.C3H6N2O2.C2H3N3O2/c1-8-4(7)3-5(10)9(2)6(8)11;8-2(9)1-5-3(10)7-4(11)6-1;7-2-1-3(8)6-4(9)5-2;7-3-1-2-5-4(8)6-3;1-6-2(7)4-5-3(6)8;7-2-4-1-5-3(8)6-2;6-1-2(7)5-3(8)4-1;4-2-1-7-5-3(2)6;6-1-3-2(7)5-4-1/h3H,7H2,1-2H3;1H,(H,8,9)(H3,5,6,7,10,11);1H2,(H2,5,6,7,8,9);1-2H2,(H2,5,6,7,8);1H3,(H,4,7)(H,5,8);1H2,(H3,4,5,6,7,8);(H2,4,5,6,7,8);2H,1,4H2,(H,5,6);(H3,3,4,5,6,7). The third-order valence-corrected chi connectivity index (χ3v) is 7.87. The van der Waals surface area contributed by atoms with E-state index < -0.39 is 106 Å². The molecule has 45 heteroatoms. The number of carbonyl (C=O) groups excluding carboxylic acids is 13. The van der Waals surface area contributed by atoms with Crippen LogP contribution in [-0.2, 0) is 59.5 Å². The highest BCUT2D eigenvalue weighted by atomic mass is 16.7. The zero-order valence-electron chi connectivity index (χ0n) is 39.3. The first-order valence-corrected chi connectivity index (χ1v) is 20.1. The number of hydrogen-bond donors (Lipinski definition) is 21. The summed E-state index contributed by atoms with van der Waals surface area (Å²) < 4.78 is 3.15. The molecule has 0 bridgehead atoms. The molecule has 6 aliphatic heterocycles. The molecular formula is C32H45N23O22. The smallest absolute Gasteiger partial charge is 0.347 e. The summed E-state index contributed by atoms with van der Waals surface area (Å²) in [6, 6.07) is -3.66. The van der Waals surface area contributed by atoms with Crippen LogP contribution in [0.3, 0.4) is 0 Å². The summed E-state index contributed by atoms with van der Waals surface area (Å²) in [5.74, 6) is -4.46. The van der Waals surface area contributed by atoms with Crippen LogP contribution in [0.5, 0.6) is 0 Å². The van der Waals surface area contributed by atoms with E-state index in [9.17, 15) is 95.9 Å². The lowest BCUT2D eigenvalue weighted by Gasteiger charge is -2.20. The lowest BCUT2D eigenvalue weighted by Crippen LogP contribution is -2.64. The molecule has 77 heavy (non-hydrogen) atoms. The van der Waals surface area contributed by atoms with Crippen molar-refractivity contribution in [3.8, 4) is 0 Å². The first kappa shape index (κ1) is 63.5. The quantitative estimate of drug-likeness (QED) is 0.0611. The minimum Gasteiger partial charge on any atom is -0.478 e. The van der Waals surface area contributed by atoms with Gasteiger partial charge in [-0.2, -0.15) is 0 Å². The third-order valence-electron chi connectivity index (χ3n) is 7.87. The van der Waals surface area contributed by atoms with Crippen molar-refractivity contribution in [1.29, 1.82) is 0 Å². The lowest BCUT2D eigenvalue weighted by molar-refractivity contribution is -0.140. The fourth-order valence-electron chi connectivity index (χ4n) is 4.14. The number of rotatable bonds is 1. The molecule has 0 spiro atoms. The first-order chi connectivity index (χ1) is 35.9. The van der Waals surface area contributed by atoms with E-state index >= 15 is 0 Å². The maximum atomic E-state index is 11.1. The normalized spacial score (nSPS) is 16.7. The number of H-pyrrole nitrogens is 5. The van der Waals surface area contributed by atoms with Gasteiger partial charge in [-0.25, -0.2) is 92.8 Å². The Hall–Kier alpha value is -11.5. The minimum absolute atomic E-state index is 0.179. The zero-order chi connectivity index (χ0) is 58.7. The Kier molecular flexibility index (Phi) is 25.6. The summed E-state index contributed by atoms with van der Waals surface area (Å²) in [5.41, 5.74) is 9.93. The van der Waals surface area contributed by atoms with Gasteiger partial charge < -0.3 is 43.2 Å². The monoisotopic (exact) mass is 1100 g/mol. The van der Waals surface area contributed by atoms with Gasteiger partial charge in [-0.05, 0) is 0 Å². The van der Waals surface area contributed by atoms with Gasteiger partial charge in [-0.15, -0.1) is 0 Å². The molecule has 23 N–H and O–H groups in total. The van der Waals surface area contributed by atoms with Crippen molar-refractivity contribution in [3.63, 3.8) is 0 Å². The molecule has 45 nitrogen and oxygen atoms in total. The second-order valence-corrected chi connectivity index (χ2v) is 13.7. The molecule has 0 saturated carbocycles. The Bertz CT molecular complexity index is 2920. The average molecular weight is 1100 g/mol. The predicted molar refractivity (Wildman–Crippen MR) is 243 cm³/mol. The highest BCUT2D eigenvalue weighted by Crippen LogP contribution is 1.89. The number of hydroxylamine groups is 1. The number of urea groups is 7. The molecule has 9 heterocycles. The maximum absolute atomic E-state index is 11.1. The number of barbiturate groups is 1. The van der Waals surface area contributed by atoms with Gasteiger partial charge in [0.05, 0.1) is 13.3 Å². The molecule has 1 atom stereocenters. The van der Waals surface area contributed by atoms with E-state index in [2.05, 4.69) is 41.8 Å². The Morgan fingerprint density at radius 1 is 0.571 bits per heavy atom. The highest BCUT2D eigenvalue weighted by molar-refractivity contribution is 6.45. The van der Waals surface area contributed by atoms with Crippen molar-refractivity contribution in [3.05, 3.63) is 68.8 Å². The number of amides is 20. The Morgan fingerprint density at radius 2 is 1.03 bits per heavy atom. The Morgan fingerprint density at radius 3 is 1.31 bits per heavy atom. The molecule has 3 aromatic rings. The molecule has 420 valence electrons. The van der Waals surface area contributed by atoms with E-state index in [0.29, 0.717) is 19.6 Å². The third kappa shape index (κ3) is 24.9. The van der Waals surface area contributed by atoms with Crippen LogP contribution in [0.25, 0.3) is 0 Å². The van der Waals surface area contributed by atoms with Crippen molar-refractivity contribution < 1.29 is 77.1 Å². The molecule has 9 rings (SSSR count). The Balaban J connectivity index is 0.000000435. The molecule has 6 fully saturated rings. The fourth-order valence-corrected chi connectivity index (χ4v) is 4.14. The van der Waals surface area contributed by atoms with E-state index in [1.54, 1.807) is 16.0 Å². The van der Waals surface area contributed by atoms with Crippen molar-refractivity contribution >= 4 is 89.4 Å². The van der Waals surface area contributed by atoms with Crippen LogP contribution in [0.15, 0.2) is 34.8 Å². The number of imide groups is 7. The number of aliphatic carboxylic acids is 1. The molecule has 0 aromatic carbocycles. The van der Waals surface area contributed by atoms with Crippen LogP contribution in [-0.4, -0.2) is 160 Å². The van der Waals surface area contributed by atoms with E-state index in [1.807, 2.05) is 41.8 Å². The second kappa shape index (κ2) is 31.0. The van der Waals surface area contributed by atoms with Crippen molar-refractivity contribution in [2.45, 2.75) is 25.0 Å². The van der Waals surface area contributed by atoms with Gasteiger partial charge in [0.2, 0.25) is 23.9 Å². The number of anilines is 1. The molecule has 6 aliphatic rings. The predicted octanol–water partition coefficient (Wildman–Crippen LogP) is -12.5. The van der Waals surface area contributed by atoms with Crippen molar-refractivity contribution in [1.82, 2.24) is 108 Å². The van der Waals surface area contributed by atoms with Crippen LogP contribution in [0.2, 0.25) is 0 Å². The summed E-state index contributed by atoms with van der Waals surface area (Å²) in [7, 11) is 4.30. The number of carbonyl (C=O) groups is 14. The molecule has 0 aliphatic carbocycles. The number of carboxylic acid groups (broad SMARTS) is 1. The van der Waals surface area contributed by atoms with Gasteiger partial charge >= 0.3 is 88.5 Å². The van der Waals surface area contributed by atoms with E-state index in [4.69, 9.17) is 16.6 Å². The number of nitrogens with one attached hydrogen (secondary N) is 18. The van der Waals surface area contributed by atoms with E-state index in [1.165, 1.54) is 31.8 Å². The fraction of sp³-hybridized carbons (Fsp3) is 0.312. The first-order valence-electron chi connectivity index (χ1n) is 20.1. The number of hydrogen-bond acceptors (Lipinski definition) is 23. The zero-order valence-corrected chi connectivity index (χ0v) is 39.3. The lowest BCUT2D eigenvalue weighted by atomic mass is 10.3. The van der Waals surface area contributed by atoms with Crippen LogP contribution in [0, 0.1) is 0 Å². The van der Waals surface area contributed by atoms with Crippen LogP contribution in [0.4, 0.5) is 39.4 Å². The molecular weight excluding hydrogens is 1060 g/mol. The number of nitrogens with zero attached hydrogens (tertiary/aromatic N) is 3. The second-order valence-electron chi connectivity index (χ2n) is 13.7. The van der Waals surface area contributed by atoms with Gasteiger partial charge in [-0.3, -0.25) is 89.7 Å². The number of aromatic amines is 5. The van der Waals surface area contributed by atoms with E-state index in [0.717, 1.165) is 9.13 Å². The van der Waals surface area contributed by atoms with Crippen LogP contribution < -0.4 is 115 Å². The van der Waals surface area contributed by atoms with Gasteiger partial charge in [0, 0.05) is 40.2 Å². The summed E-state index contributed by atoms with van der Waals surface area (Å²) in [4.78, 5) is 212. The highest BCUT2D eigenvalue weighted by Gasteiger charge is 2.28. The van der Waals surface area contributed by atoms with Crippen molar-refractivity contribution in [2.24, 2.45) is 26.9 Å². The number of carboxylic acids is 1. The van der Waals surface area contributed by atoms with Gasteiger partial charge in [-0.1, -0.05) is 0 Å². The molecule has 20 amide bonds. The maximum Gasteiger partial charge on any atom is 0.347 e. The van der Waals surface area contributed by atoms with Gasteiger partial charge in [0.1, 0.15) is 18.3 Å². The van der Waals surface area contributed by atoms with E-state index in [-0.39, 0.29) is 42.3 Å². The van der Waals surface area contributed by atoms with Gasteiger partial charge in [0.15, 0.2) is 0 Å². The van der Waals surface area contributed by atoms with Gasteiger partial charge in [0.25, 0.3) is 11.5 Å². The number of aromatic nitrogens is 8. The molecule has 1 unspecified atom stereocenters. The minimum atomic E-state index is -1.34. The Labute approximate surface area is 421 Å². The SMILES string of the molecule is Cn1c(=O)[nH][nH]c1=O.Cn1c(N)cc(=O)n(C)c1=O.NC1CONC1=O.O=C1CC(=O)NC(=O)N1.O=C1CCNC(=O)N1.O=C1NC(=O)C(=O)N1.O=C1NC(=O)NC(C(=O)O)N1.O=C1NCNC(=O)N1.O=c1[nH][nH]c(=O)[nH]1.